The Labute approximate surface area is 677 Å². The topological polar surface area (TPSA) is 613 Å². The molecule has 0 bridgehead atoms. The highest BCUT2D eigenvalue weighted by atomic mass is 33.1. The van der Waals surface area contributed by atoms with Crippen LogP contribution < -0.4 is 92.1 Å². The molecule has 1 saturated heterocycles. The highest BCUT2D eigenvalue weighted by molar-refractivity contribution is 8.76. The summed E-state index contributed by atoms with van der Waals surface area (Å²) in [5.41, 5.74) is 25.7. The lowest BCUT2D eigenvalue weighted by Gasteiger charge is -2.29. The number of nitrogens with one attached hydrogen (secondary N) is 14. The van der Waals surface area contributed by atoms with Crippen LogP contribution in [0.3, 0.4) is 0 Å². The highest BCUT2D eigenvalue weighted by Gasteiger charge is 2.40. The van der Waals surface area contributed by atoms with Crippen LogP contribution in [0.1, 0.15) is 94.4 Å². The Bertz CT molecular complexity index is 4150. The van der Waals surface area contributed by atoms with E-state index in [0.29, 0.717) is 46.0 Å². The number of rotatable bonds is 26. The van der Waals surface area contributed by atoms with Crippen molar-refractivity contribution < 1.29 is 92.3 Å². The second kappa shape index (κ2) is 48.3. The van der Waals surface area contributed by atoms with Crippen molar-refractivity contribution in [3.63, 3.8) is 0 Å². The third-order valence-corrected chi connectivity index (χ3v) is 21.0. The molecule has 1 aliphatic heterocycles. The van der Waals surface area contributed by atoms with Gasteiger partial charge in [0, 0.05) is 54.3 Å². The number of aromatic amines is 1. The molecule has 0 radical (unpaired) electrons. The van der Waals surface area contributed by atoms with Crippen LogP contribution in [0.5, 0.6) is 0 Å². The summed E-state index contributed by atoms with van der Waals surface area (Å²) in [4.78, 5) is 217. The largest absolute Gasteiger partial charge is 0.480 e. The van der Waals surface area contributed by atoms with E-state index in [-0.39, 0.29) is 82.4 Å². The molecule has 0 saturated carbocycles. The van der Waals surface area contributed by atoms with Gasteiger partial charge < -0.3 is 117 Å². The minimum absolute atomic E-state index is 0.118. The number of carboxylic acids is 1. The van der Waals surface area contributed by atoms with Gasteiger partial charge in [-0.15, -0.1) is 0 Å². The number of primary amides is 1. The van der Waals surface area contributed by atoms with Gasteiger partial charge in [-0.2, -0.15) is 0 Å². The zero-order valence-electron chi connectivity index (χ0n) is 64.5. The summed E-state index contributed by atoms with van der Waals surface area (Å²) >= 11 is 0. The molecule has 3 unspecified atom stereocenters. The lowest BCUT2D eigenvalue weighted by molar-refractivity contribution is -0.142. The monoisotopic (exact) mass is 1650 g/mol. The summed E-state index contributed by atoms with van der Waals surface area (Å²) in [6, 6.07) is 9.97. The minimum atomic E-state index is -1.97. The Morgan fingerprint density at radius 2 is 0.879 bits per heavy atom. The summed E-state index contributed by atoms with van der Waals surface area (Å²) in [5, 5.41) is 76.2. The first-order valence-corrected chi connectivity index (χ1v) is 40.3. The van der Waals surface area contributed by atoms with Crippen LogP contribution in [0, 0.1) is 0 Å². The molecule has 37 nitrogen and oxygen atoms in total. The standard InChI is InChI=1S/C77H106N18O19S2/c1-42(80)65(101)83-39-62(100)84-60-41-116-115-32-29-53(77(113)114)87-73(109)59(40-96)93-76(112)64(44(3)98)95-72(108)56(35-47-23-11-6-12-24-47)92-75(111)63(43(2)97)94-67(103)52(28-16-18-31-79)85-70(106)57(36-48-38-82-50-26-14-13-25-49(48)50)90-69(105)55(34-46-21-9-5-10-22-46)88-68(104)54(33-45-19-7-4-8-20-45)89-71(107)58(37-61(81)99)91-66(102)51(86-74(60)110)27-15-17-30-78/h4-14,19-26,38,42-44,51-60,63-64,82,96-98H,15-18,27-37,39-41,78-80H2,1-3H3,(H2,81,99)(H,83,101)(H,84,100)(H,85,106)(H,86,110)(H,87,109)(H,88,104)(H,89,107)(H,90,105)(H,91,102)(H,92,111)(H,93,112)(H,94,103)(H,95,108)(H,113,114)/t42-,43+,44?,51-,52-,53+,54-,55-,56-,57-,58-,59-,60?,63-,64?/m1/s1. The molecule has 14 amide bonds. The molecule has 2 heterocycles. The van der Waals surface area contributed by atoms with Crippen molar-refractivity contribution in [1.29, 1.82) is 0 Å². The molecule has 26 N–H and O–H groups in total. The number of hydrogen-bond donors (Lipinski definition) is 22. The summed E-state index contributed by atoms with van der Waals surface area (Å²) in [7, 11) is 1.84. The van der Waals surface area contributed by atoms with Crippen LogP contribution in [0.4, 0.5) is 0 Å². The Kier molecular flexibility index (Phi) is 39.1. The maximum atomic E-state index is 15.4. The number of aromatic nitrogens is 1. The zero-order chi connectivity index (χ0) is 85.0. The van der Waals surface area contributed by atoms with Gasteiger partial charge in [0.1, 0.15) is 72.5 Å². The van der Waals surface area contributed by atoms with Gasteiger partial charge in [-0.1, -0.05) is 131 Å². The number of carbonyl (C=O) groups excluding carboxylic acids is 14. The maximum absolute atomic E-state index is 15.4. The summed E-state index contributed by atoms with van der Waals surface area (Å²) in [6.45, 7) is 1.98. The Hall–Kier alpha value is -11.1. The van der Waals surface area contributed by atoms with Crippen LogP contribution in [-0.2, 0) is 97.6 Å². The number of para-hydroxylation sites is 1. The van der Waals surface area contributed by atoms with Gasteiger partial charge in [0.25, 0.3) is 0 Å². The van der Waals surface area contributed by atoms with E-state index >= 15 is 14.4 Å². The van der Waals surface area contributed by atoms with Gasteiger partial charge in [0.05, 0.1) is 37.8 Å². The number of H-pyrrole nitrogens is 1. The van der Waals surface area contributed by atoms with E-state index in [2.05, 4.69) is 74.1 Å². The molecule has 5 aromatic rings. The van der Waals surface area contributed by atoms with E-state index in [1.807, 2.05) is 0 Å². The van der Waals surface area contributed by atoms with Crippen LogP contribution in [0.25, 0.3) is 10.9 Å². The van der Waals surface area contributed by atoms with E-state index in [9.17, 15) is 78.0 Å². The van der Waals surface area contributed by atoms with Gasteiger partial charge in [0.15, 0.2) is 0 Å². The van der Waals surface area contributed by atoms with Crippen LogP contribution >= 0.6 is 21.6 Å². The first kappa shape index (κ1) is 93.8. The van der Waals surface area contributed by atoms with Gasteiger partial charge in [-0.25, -0.2) is 4.79 Å². The van der Waals surface area contributed by atoms with Crippen molar-refractivity contribution >= 4 is 121 Å². The number of hydrogen-bond acceptors (Lipinski definition) is 23. The van der Waals surface area contributed by atoms with Crippen molar-refractivity contribution in [3.8, 4) is 0 Å². The second-order valence-electron chi connectivity index (χ2n) is 27.9. The van der Waals surface area contributed by atoms with E-state index in [4.69, 9.17) is 22.9 Å². The van der Waals surface area contributed by atoms with Gasteiger partial charge in [-0.3, -0.25) is 67.1 Å². The molecular formula is C77H106N18O19S2. The summed E-state index contributed by atoms with van der Waals surface area (Å²) in [5.74, 6) is -16.9. The number of benzene rings is 4. The molecule has 1 aliphatic rings. The van der Waals surface area contributed by atoms with Crippen molar-refractivity contribution in [2.75, 3.05) is 37.7 Å². The smallest absolute Gasteiger partial charge is 0.326 e. The van der Waals surface area contributed by atoms with Crippen LogP contribution in [0.15, 0.2) is 121 Å². The molecule has 1 fully saturated rings. The lowest BCUT2D eigenvalue weighted by atomic mass is 10.00. The SMILES string of the molecule is CC(O)C1NC(=O)[C@@H](Cc2ccccc2)NC(=O)[C@@H]([C@H](C)O)NC(=O)[C@@H](CCCCN)NC(=O)[C@@H](Cc2c[nH]c3ccccc23)NC(=O)[C@@H](Cc2ccccc2)NC(=O)[C@@H](Cc2ccccc2)NC(=O)[C@@H](CC(N)=O)NC(=O)[C@@H](CCCCN)NC(=O)C(NC(=O)CNC(=O)[C@@H](C)N)CSSCC[C@@H](C(=O)O)NC(=O)[C@@H](CO)NC1=O. The minimum Gasteiger partial charge on any atom is -0.480 e. The Morgan fingerprint density at radius 3 is 1.34 bits per heavy atom. The number of aliphatic hydroxyl groups excluding tert-OH is 3. The van der Waals surface area contributed by atoms with Crippen molar-refractivity contribution in [2.45, 2.75) is 189 Å². The predicted octanol–water partition coefficient (Wildman–Crippen LogP) is -4.52. The third kappa shape index (κ3) is 30.9. The predicted molar refractivity (Wildman–Crippen MR) is 430 cm³/mol. The normalized spacial score (nSPS) is 23.8. The van der Waals surface area contributed by atoms with E-state index in [0.717, 1.165) is 35.4 Å². The molecule has 39 heteroatoms. The number of nitrogens with two attached hydrogens (primary N) is 4. The number of carboxylic acid groups (broad SMARTS) is 1. The molecule has 0 aliphatic carbocycles. The lowest BCUT2D eigenvalue weighted by Crippen LogP contribution is -2.63. The number of aliphatic carboxylic acids is 1. The second-order valence-corrected chi connectivity index (χ2v) is 30.5. The number of aliphatic hydroxyl groups is 3. The van der Waals surface area contributed by atoms with Crippen LogP contribution in [-0.4, -0.2) is 243 Å². The first-order chi connectivity index (χ1) is 55.4. The molecule has 630 valence electrons. The average molecular weight is 1650 g/mol. The summed E-state index contributed by atoms with van der Waals surface area (Å²) < 4.78 is 0. The van der Waals surface area contributed by atoms with Gasteiger partial charge in [0.2, 0.25) is 82.7 Å². The fourth-order valence-electron chi connectivity index (χ4n) is 12.1. The van der Waals surface area contributed by atoms with Gasteiger partial charge >= 0.3 is 5.97 Å². The van der Waals surface area contributed by atoms with Gasteiger partial charge in [-0.05, 0) is 107 Å². The zero-order valence-corrected chi connectivity index (χ0v) is 66.1. The molecule has 6 rings (SSSR count). The number of carbonyl (C=O) groups is 15. The average Bonchev–Trinajstić information content (AvgIpc) is 1.62. The molecule has 116 heavy (non-hydrogen) atoms. The van der Waals surface area contributed by atoms with E-state index in [1.165, 1.54) is 6.92 Å². The number of amides is 14. The van der Waals surface area contributed by atoms with Crippen molar-refractivity contribution in [2.24, 2.45) is 22.9 Å². The fourth-order valence-corrected chi connectivity index (χ4v) is 14.4. The van der Waals surface area contributed by atoms with Crippen molar-refractivity contribution in [1.82, 2.24) is 74.1 Å². The number of unbranched alkanes of at least 4 members (excludes halogenated alkanes) is 2. The Morgan fingerprint density at radius 1 is 0.483 bits per heavy atom. The molecule has 1 aromatic heterocycles. The quantitative estimate of drug-likeness (QED) is 0.0183. The molecule has 0 spiro atoms. The highest BCUT2D eigenvalue weighted by Crippen LogP contribution is 2.25. The van der Waals surface area contributed by atoms with E-state index in [1.54, 1.807) is 121 Å². The molecule has 15 atom stereocenters. The first-order valence-electron chi connectivity index (χ1n) is 37.9. The molecular weight excluding hydrogens is 1550 g/mol. The fraction of sp³-hybridized carbons (Fsp3) is 0.468. The van der Waals surface area contributed by atoms with E-state index < -0.39 is 199 Å². The number of fused-ring (bicyclic) bond motifs is 1. The van der Waals surface area contributed by atoms with Crippen molar-refractivity contribution in [3.05, 3.63) is 144 Å². The Balaban J connectivity index is 1.46. The summed E-state index contributed by atoms with van der Waals surface area (Å²) in [6.07, 6.45) is -3.73. The third-order valence-electron chi connectivity index (χ3n) is 18.5. The maximum Gasteiger partial charge on any atom is 0.326 e. The molecule has 4 aromatic carbocycles. The van der Waals surface area contributed by atoms with Crippen LogP contribution in [0.2, 0.25) is 0 Å².